The number of hydrogen-bond donors (Lipinski definition) is 3. The Morgan fingerprint density at radius 1 is 1.42 bits per heavy atom. The van der Waals surface area contributed by atoms with Crippen molar-refractivity contribution in [3.63, 3.8) is 0 Å². The Balaban J connectivity index is 1.56. The van der Waals surface area contributed by atoms with Gasteiger partial charge < -0.3 is 15.4 Å². The first-order valence-corrected chi connectivity index (χ1v) is 7.38. The number of aliphatic hydroxyl groups excluding tert-OH is 1. The quantitative estimate of drug-likeness (QED) is 0.741. The fraction of sp³-hybridized carbons (Fsp3) is 0.786. The summed E-state index contributed by atoms with van der Waals surface area (Å²) in [7, 11) is 0. The predicted octanol–water partition coefficient (Wildman–Crippen LogP) is 0.437. The van der Waals surface area contributed by atoms with Crippen molar-refractivity contribution < 1.29 is 5.11 Å². The van der Waals surface area contributed by atoms with Crippen molar-refractivity contribution in [2.45, 2.75) is 38.8 Å². The molecule has 1 aromatic rings. The number of aromatic nitrogens is 2. The Morgan fingerprint density at radius 3 is 3.00 bits per heavy atom. The highest BCUT2D eigenvalue weighted by molar-refractivity contribution is 5.17. The Bertz CT molecular complexity index is 425. The second-order valence-corrected chi connectivity index (χ2v) is 5.89. The molecule has 1 fully saturated rings. The van der Waals surface area contributed by atoms with E-state index < -0.39 is 0 Å². The summed E-state index contributed by atoms with van der Waals surface area (Å²) in [5.41, 5.74) is 2.45. The highest BCUT2D eigenvalue weighted by Gasteiger charge is 2.26. The van der Waals surface area contributed by atoms with Gasteiger partial charge in [0.15, 0.2) is 0 Å². The van der Waals surface area contributed by atoms with Crippen molar-refractivity contribution >= 4 is 0 Å². The number of rotatable bonds is 3. The first-order valence-electron chi connectivity index (χ1n) is 7.38. The lowest BCUT2D eigenvalue weighted by molar-refractivity contribution is 0.0458. The summed E-state index contributed by atoms with van der Waals surface area (Å²) in [5, 5.41) is 13.7. The van der Waals surface area contributed by atoms with Gasteiger partial charge in [0.05, 0.1) is 17.5 Å². The lowest BCUT2D eigenvalue weighted by atomic mass is 9.91. The van der Waals surface area contributed by atoms with E-state index in [0.717, 1.165) is 57.8 Å². The number of nitrogens with one attached hydrogen (secondary N) is 2. The molecule has 5 nitrogen and oxygen atoms in total. The predicted molar refractivity (Wildman–Crippen MR) is 73.9 cm³/mol. The molecule has 3 N–H and O–H groups in total. The standard InChI is InChI=1S/C14H24N4O/c1-10-16-12-4-7-18(8-13(12)17-10)9-14(19)11-2-5-15-6-3-11/h11,14-15,19H,2-9H2,1H3,(H,16,17). The van der Waals surface area contributed by atoms with Gasteiger partial charge in [-0.2, -0.15) is 0 Å². The van der Waals surface area contributed by atoms with E-state index in [0.29, 0.717) is 5.92 Å². The van der Waals surface area contributed by atoms with E-state index in [1.807, 2.05) is 6.92 Å². The number of aromatic amines is 1. The minimum Gasteiger partial charge on any atom is -0.392 e. The molecule has 3 heterocycles. The molecule has 0 aliphatic carbocycles. The van der Waals surface area contributed by atoms with Crippen molar-refractivity contribution in [1.29, 1.82) is 0 Å². The topological polar surface area (TPSA) is 64.2 Å². The summed E-state index contributed by atoms with van der Waals surface area (Å²) in [5.74, 6) is 1.47. The summed E-state index contributed by atoms with van der Waals surface area (Å²) < 4.78 is 0. The van der Waals surface area contributed by atoms with Crippen LogP contribution >= 0.6 is 0 Å². The molecule has 0 radical (unpaired) electrons. The minimum absolute atomic E-state index is 0.187. The maximum Gasteiger partial charge on any atom is 0.103 e. The summed E-state index contributed by atoms with van der Waals surface area (Å²) in [6.45, 7) is 6.81. The third-order valence-corrected chi connectivity index (χ3v) is 4.40. The number of aliphatic hydroxyl groups is 1. The van der Waals surface area contributed by atoms with Crippen LogP contribution in [0.3, 0.4) is 0 Å². The van der Waals surface area contributed by atoms with Gasteiger partial charge in [0.25, 0.3) is 0 Å². The van der Waals surface area contributed by atoms with Gasteiger partial charge in [-0.25, -0.2) is 4.98 Å². The summed E-state index contributed by atoms with van der Waals surface area (Å²) in [6.07, 6.45) is 3.01. The molecule has 2 aliphatic heterocycles. The smallest absolute Gasteiger partial charge is 0.103 e. The van der Waals surface area contributed by atoms with Crippen LogP contribution in [0.25, 0.3) is 0 Å². The zero-order valence-corrected chi connectivity index (χ0v) is 11.7. The average molecular weight is 264 g/mol. The van der Waals surface area contributed by atoms with Crippen LogP contribution in [0.5, 0.6) is 0 Å². The molecule has 1 saturated heterocycles. The number of piperidine rings is 1. The average Bonchev–Trinajstić information content (AvgIpc) is 2.79. The van der Waals surface area contributed by atoms with E-state index in [1.54, 1.807) is 0 Å². The molecule has 0 bridgehead atoms. The molecular formula is C14H24N4O. The van der Waals surface area contributed by atoms with E-state index in [4.69, 9.17) is 0 Å². The number of hydrogen-bond acceptors (Lipinski definition) is 4. The van der Waals surface area contributed by atoms with E-state index in [1.165, 1.54) is 11.4 Å². The molecular weight excluding hydrogens is 240 g/mol. The van der Waals surface area contributed by atoms with Crippen LogP contribution in [0.1, 0.15) is 30.1 Å². The maximum atomic E-state index is 10.4. The number of nitrogens with zero attached hydrogens (tertiary/aromatic N) is 2. The monoisotopic (exact) mass is 264 g/mol. The van der Waals surface area contributed by atoms with E-state index in [2.05, 4.69) is 20.2 Å². The first-order chi connectivity index (χ1) is 9.22. The van der Waals surface area contributed by atoms with Gasteiger partial charge in [-0.1, -0.05) is 0 Å². The summed E-state index contributed by atoms with van der Waals surface area (Å²) in [6, 6.07) is 0. The van der Waals surface area contributed by atoms with E-state index in [-0.39, 0.29) is 6.10 Å². The van der Waals surface area contributed by atoms with Crippen LogP contribution in [0.2, 0.25) is 0 Å². The van der Waals surface area contributed by atoms with Crippen LogP contribution in [0.4, 0.5) is 0 Å². The van der Waals surface area contributed by atoms with Gasteiger partial charge in [0.1, 0.15) is 5.82 Å². The van der Waals surface area contributed by atoms with E-state index in [9.17, 15) is 5.11 Å². The number of imidazole rings is 1. The van der Waals surface area contributed by atoms with Crippen molar-refractivity contribution in [2.75, 3.05) is 26.2 Å². The molecule has 19 heavy (non-hydrogen) atoms. The lowest BCUT2D eigenvalue weighted by Crippen LogP contribution is -2.42. The third-order valence-electron chi connectivity index (χ3n) is 4.40. The van der Waals surface area contributed by atoms with Gasteiger partial charge in [-0.3, -0.25) is 4.90 Å². The molecule has 1 aromatic heterocycles. The van der Waals surface area contributed by atoms with Gasteiger partial charge in [-0.05, 0) is 38.8 Å². The fourth-order valence-electron chi connectivity index (χ4n) is 3.29. The third kappa shape index (κ3) is 2.99. The van der Waals surface area contributed by atoms with Gasteiger partial charge in [-0.15, -0.1) is 0 Å². The zero-order valence-electron chi connectivity index (χ0n) is 11.7. The van der Waals surface area contributed by atoms with Crippen LogP contribution in [-0.2, 0) is 13.0 Å². The molecule has 1 atom stereocenters. The van der Waals surface area contributed by atoms with Crippen LogP contribution in [-0.4, -0.2) is 52.3 Å². The highest BCUT2D eigenvalue weighted by Crippen LogP contribution is 2.21. The number of fused-ring (bicyclic) bond motifs is 1. The Hall–Kier alpha value is -0.910. The Labute approximate surface area is 114 Å². The van der Waals surface area contributed by atoms with Crippen LogP contribution < -0.4 is 5.32 Å². The van der Waals surface area contributed by atoms with Crippen LogP contribution in [0, 0.1) is 12.8 Å². The Morgan fingerprint density at radius 2 is 2.21 bits per heavy atom. The summed E-state index contributed by atoms with van der Waals surface area (Å²) in [4.78, 5) is 10.2. The van der Waals surface area contributed by atoms with Crippen molar-refractivity contribution in [1.82, 2.24) is 20.2 Å². The SMILES string of the molecule is Cc1nc2c([nH]1)CN(CC(O)C1CCNCC1)CC2. The molecule has 2 aliphatic rings. The molecule has 0 spiro atoms. The largest absolute Gasteiger partial charge is 0.392 e. The normalized spacial score (nSPS) is 23.3. The van der Waals surface area contributed by atoms with E-state index >= 15 is 0 Å². The van der Waals surface area contributed by atoms with Crippen molar-refractivity contribution in [2.24, 2.45) is 5.92 Å². The number of H-pyrrole nitrogens is 1. The molecule has 5 heteroatoms. The molecule has 0 amide bonds. The maximum absolute atomic E-state index is 10.4. The molecule has 0 aromatic carbocycles. The van der Waals surface area contributed by atoms with Gasteiger partial charge >= 0.3 is 0 Å². The molecule has 3 rings (SSSR count). The van der Waals surface area contributed by atoms with Crippen molar-refractivity contribution in [3.8, 4) is 0 Å². The second kappa shape index (κ2) is 5.61. The fourth-order valence-corrected chi connectivity index (χ4v) is 3.29. The highest BCUT2D eigenvalue weighted by atomic mass is 16.3. The lowest BCUT2D eigenvalue weighted by Gasteiger charge is -2.33. The zero-order chi connectivity index (χ0) is 13.2. The number of aryl methyl sites for hydroxylation is 1. The van der Waals surface area contributed by atoms with Crippen LogP contribution in [0.15, 0.2) is 0 Å². The van der Waals surface area contributed by atoms with Crippen molar-refractivity contribution in [3.05, 3.63) is 17.2 Å². The minimum atomic E-state index is -0.187. The van der Waals surface area contributed by atoms with Gasteiger partial charge in [0, 0.05) is 26.1 Å². The second-order valence-electron chi connectivity index (χ2n) is 5.89. The van der Waals surface area contributed by atoms with Gasteiger partial charge in [0.2, 0.25) is 0 Å². The molecule has 1 unspecified atom stereocenters. The number of β-amino-alcohol motifs (C(OH)–C–C–N with tert-alkyl or cyclic N) is 1. The summed E-state index contributed by atoms with van der Waals surface area (Å²) >= 11 is 0. The Kier molecular flexibility index (Phi) is 3.86. The molecule has 106 valence electrons. The first kappa shape index (κ1) is 13.1. The molecule has 0 saturated carbocycles.